The van der Waals surface area contributed by atoms with Crippen LogP contribution in [-0.4, -0.2) is 41.9 Å². The standard InChI is InChI=1S/C18H22N2O3S/c1-14-11-17(18(21)13-19-9-6-10-24(19,22)23)15(2)20(14)12-16-7-4-3-5-8-16/h3-5,7-8,11H,6,9-10,12-13H2,1-2H3. The summed E-state index contributed by atoms with van der Waals surface area (Å²) in [4.78, 5) is 12.6. The van der Waals surface area contributed by atoms with Crippen molar-refractivity contribution in [2.24, 2.45) is 0 Å². The fraction of sp³-hybridized carbons (Fsp3) is 0.389. The Balaban J connectivity index is 1.82. The van der Waals surface area contributed by atoms with Crippen LogP contribution in [0.3, 0.4) is 0 Å². The maximum Gasteiger partial charge on any atom is 0.214 e. The Labute approximate surface area is 143 Å². The Morgan fingerprint density at radius 3 is 2.50 bits per heavy atom. The lowest BCUT2D eigenvalue weighted by molar-refractivity contribution is 0.0968. The topological polar surface area (TPSA) is 59.4 Å². The molecule has 0 amide bonds. The number of benzene rings is 1. The highest BCUT2D eigenvalue weighted by molar-refractivity contribution is 7.89. The zero-order chi connectivity index (χ0) is 17.3. The van der Waals surface area contributed by atoms with Crippen LogP contribution in [0.2, 0.25) is 0 Å². The predicted octanol–water partition coefficient (Wildman–Crippen LogP) is 2.37. The number of carbonyl (C=O) groups excluding carboxylic acids is 1. The maximum absolute atomic E-state index is 12.6. The number of Topliss-reactive ketones (excluding diaryl/α,β-unsaturated/α-hetero) is 1. The van der Waals surface area contributed by atoms with Crippen molar-refractivity contribution in [3.63, 3.8) is 0 Å². The number of aromatic nitrogens is 1. The highest BCUT2D eigenvalue weighted by Crippen LogP contribution is 2.20. The number of aryl methyl sites for hydroxylation is 1. The minimum atomic E-state index is -3.25. The molecular weight excluding hydrogens is 324 g/mol. The summed E-state index contributed by atoms with van der Waals surface area (Å²) in [6.07, 6.45) is 0.600. The molecular formula is C18H22N2O3S. The first-order chi connectivity index (χ1) is 11.4. The quantitative estimate of drug-likeness (QED) is 0.781. The summed E-state index contributed by atoms with van der Waals surface area (Å²) in [5, 5.41) is 0. The molecule has 0 N–H and O–H groups in total. The molecule has 1 aromatic carbocycles. The van der Waals surface area contributed by atoms with Gasteiger partial charge in [0.05, 0.1) is 12.3 Å². The highest BCUT2D eigenvalue weighted by atomic mass is 32.2. The van der Waals surface area contributed by atoms with Crippen molar-refractivity contribution in [1.29, 1.82) is 0 Å². The second-order valence-corrected chi connectivity index (χ2v) is 8.37. The summed E-state index contributed by atoms with van der Waals surface area (Å²) >= 11 is 0. The lowest BCUT2D eigenvalue weighted by Gasteiger charge is -2.13. The van der Waals surface area contributed by atoms with Crippen LogP contribution in [0.1, 0.15) is 33.7 Å². The molecule has 6 heteroatoms. The Bertz CT molecular complexity index is 854. The second-order valence-electron chi connectivity index (χ2n) is 6.28. The van der Waals surface area contributed by atoms with E-state index >= 15 is 0 Å². The molecule has 1 aliphatic rings. The van der Waals surface area contributed by atoms with Gasteiger partial charge in [-0.25, -0.2) is 8.42 Å². The fourth-order valence-corrected chi connectivity index (χ4v) is 4.68. The predicted molar refractivity (Wildman–Crippen MR) is 93.8 cm³/mol. The smallest absolute Gasteiger partial charge is 0.214 e. The monoisotopic (exact) mass is 346 g/mol. The van der Waals surface area contributed by atoms with E-state index < -0.39 is 10.0 Å². The maximum atomic E-state index is 12.6. The van der Waals surface area contributed by atoms with Gasteiger partial charge < -0.3 is 4.57 Å². The first kappa shape index (κ1) is 16.9. The van der Waals surface area contributed by atoms with Crippen LogP contribution < -0.4 is 0 Å². The minimum Gasteiger partial charge on any atom is -0.344 e. The van der Waals surface area contributed by atoms with Gasteiger partial charge in [-0.3, -0.25) is 4.79 Å². The summed E-state index contributed by atoms with van der Waals surface area (Å²) in [6.45, 7) is 4.98. The zero-order valence-electron chi connectivity index (χ0n) is 14.0. The molecule has 1 saturated heterocycles. The molecule has 0 radical (unpaired) electrons. The minimum absolute atomic E-state index is 0.0576. The van der Waals surface area contributed by atoms with Gasteiger partial charge in [0.1, 0.15) is 0 Å². The van der Waals surface area contributed by atoms with Crippen molar-refractivity contribution < 1.29 is 13.2 Å². The fourth-order valence-electron chi connectivity index (χ4n) is 3.21. The van der Waals surface area contributed by atoms with Crippen molar-refractivity contribution in [1.82, 2.24) is 8.87 Å². The van der Waals surface area contributed by atoms with Gasteiger partial charge in [-0.2, -0.15) is 4.31 Å². The average molecular weight is 346 g/mol. The Morgan fingerprint density at radius 1 is 1.17 bits per heavy atom. The lowest BCUT2D eigenvalue weighted by Crippen LogP contribution is -2.31. The number of rotatable bonds is 5. The van der Waals surface area contributed by atoms with E-state index in [4.69, 9.17) is 0 Å². The molecule has 0 unspecified atom stereocenters. The molecule has 3 rings (SSSR count). The molecule has 128 valence electrons. The summed E-state index contributed by atoms with van der Waals surface area (Å²) in [5.74, 6) is 0.0146. The molecule has 0 aliphatic carbocycles. The molecule has 24 heavy (non-hydrogen) atoms. The van der Waals surface area contributed by atoms with E-state index in [0.717, 1.165) is 11.4 Å². The van der Waals surface area contributed by atoms with Crippen LogP contribution in [0.4, 0.5) is 0 Å². The molecule has 1 aliphatic heterocycles. The third-order valence-corrected chi connectivity index (χ3v) is 6.48. The molecule has 0 saturated carbocycles. The third kappa shape index (κ3) is 3.30. The van der Waals surface area contributed by atoms with Gasteiger partial charge in [0.2, 0.25) is 10.0 Å². The van der Waals surface area contributed by atoms with E-state index in [0.29, 0.717) is 25.1 Å². The molecule has 1 fully saturated rings. The van der Waals surface area contributed by atoms with Crippen molar-refractivity contribution in [3.05, 3.63) is 58.9 Å². The first-order valence-electron chi connectivity index (χ1n) is 8.10. The van der Waals surface area contributed by atoms with Crippen LogP contribution in [0.15, 0.2) is 36.4 Å². The molecule has 0 atom stereocenters. The number of nitrogens with zero attached hydrogens (tertiary/aromatic N) is 2. The molecule has 5 nitrogen and oxygen atoms in total. The van der Waals surface area contributed by atoms with E-state index in [9.17, 15) is 13.2 Å². The van der Waals surface area contributed by atoms with Gasteiger partial charge in [0.15, 0.2) is 5.78 Å². The summed E-state index contributed by atoms with van der Waals surface area (Å²) in [5.41, 5.74) is 3.67. The largest absolute Gasteiger partial charge is 0.344 e. The van der Waals surface area contributed by atoms with Gasteiger partial charge >= 0.3 is 0 Å². The first-order valence-corrected chi connectivity index (χ1v) is 9.71. The lowest BCUT2D eigenvalue weighted by atomic mass is 10.1. The molecule has 0 bridgehead atoms. The molecule has 2 aromatic rings. The number of sulfonamides is 1. The van der Waals surface area contributed by atoms with Crippen LogP contribution in [0, 0.1) is 13.8 Å². The highest BCUT2D eigenvalue weighted by Gasteiger charge is 2.30. The van der Waals surface area contributed by atoms with Crippen LogP contribution >= 0.6 is 0 Å². The Hall–Kier alpha value is -1.92. The van der Waals surface area contributed by atoms with E-state index in [1.54, 1.807) is 0 Å². The number of hydrogen-bond acceptors (Lipinski definition) is 3. The summed E-state index contributed by atoms with van der Waals surface area (Å²) < 4.78 is 27.2. The van der Waals surface area contributed by atoms with E-state index in [1.807, 2.05) is 38.1 Å². The van der Waals surface area contributed by atoms with Gasteiger partial charge in [0, 0.05) is 30.0 Å². The van der Waals surface area contributed by atoms with Crippen molar-refractivity contribution >= 4 is 15.8 Å². The van der Waals surface area contributed by atoms with E-state index in [1.165, 1.54) is 9.87 Å². The Kier molecular flexibility index (Phi) is 4.60. The van der Waals surface area contributed by atoms with Crippen LogP contribution in [-0.2, 0) is 16.6 Å². The third-order valence-electron chi connectivity index (χ3n) is 4.58. The number of ketones is 1. The van der Waals surface area contributed by atoms with Gasteiger partial charge in [-0.1, -0.05) is 30.3 Å². The van der Waals surface area contributed by atoms with Crippen molar-refractivity contribution in [2.75, 3.05) is 18.8 Å². The normalized spacial score (nSPS) is 17.2. The van der Waals surface area contributed by atoms with Gasteiger partial charge in [-0.15, -0.1) is 0 Å². The zero-order valence-corrected chi connectivity index (χ0v) is 14.8. The van der Waals surface area contributed by atoms with Crippen LogP contribution in [0.5, 0.6) is 0 Å². The summed E-state index contributed by atoms with van der Waals surface area (Å²) in [6, 6.07) is 11.9. The Morgan fingerprint density at radius 2 is 1.88 bits per heavy atom. The van der Waals surface area contributed by atoms with E-state index in [-0.39, 0.29) is 18.1 Å². The van der Waals surface area contributed by atoms with Crippen molar-refractivity contribution in [3.8, 4) is 0 Å². The molecule has 2 heterocycles. The van der Waals surface area contributed by atoms with Gasteiger partial charge in [-0.05, 0) is 31.9 Å². The van der Waals surface area contributed by atoms with E-state index in [2.05, 4.69) is 16.7 Å². The number of hydrogen-bond donors (Lipinski definition) is 0. The van der Waals surface area contributed by atoms with Crippen LogP contribution in [0.25, 0.3) is 0 Å². The average Bonchev–Trinajstić information content (AvgIpc) is 3.02. The molecule has 1 aromatic heterocycles. The molecule has 0 spiro atoms. The SMILES string of the molecule is Cc1cc(C(=O)CN2CCCS2(=O)=O)c(C)n1Cc1ccccc1. The summed E-state index contributed by atoms with van der Waals surface area (Å²) in [7, 11) is -3.25. The van der Waals surface area contributed by atoms with Gasteiger partial charge in [0.25, 0.3) is 0 Å². The number of carbonyl (C=O) groups is 1. The second kappa shape index (κ2) is 6.53. The van der Waals surface area contributed by atoms with Crippen molar-refractivity contribution in [2.45, 2.75) is 26.8 Å².